The highest BCUT2D eigenvalue weighted by Gasteiger charge is 2.23. The van der Waals surface area contributed by atoms with Crippen LogP contribution in [-0.4, -0.2) is 13.0 Å². The van der Waals surface area contributed by atoms with Crippen LogP contribution >= 0.6 is 23.2 Å². The maximum absolute atomic E-state index is 5.94. The van der Waals surface area contributed by atoms with E-state index in [-0.39, 0.29) is 5.41 Å². The molecule has 0 aliphatic rings. The Bertz CT molecular complexity index is 321. The zero-order valence-electron chi connectivity index (χ0n) is 8.60. The van der Waals surface area contributed by atoms with Crippen molar-refractivity contribution in [2.24, 2.45) is 0 Å². The largest absolute Gasteiger partial charge is 0.496 e. The average Bonchev–Trinajstić information content (AvgIpc) is 2.18. The molecule has 0 unspecified atom stereocenters. The number of halogens is 2. The molecule has 78 valence electrons. The Hall–Kier alpha value is -0.400. The third kappa shape index (κ3) is 2.34. The van der Waals surface area contributed by atoms with E-state index in [0.29, 0.717) is 10.9 Å². The SMILES string of the molecule is COc1ccc(Cl)cc1C(C)(C)CCl. The number of hydrogen-bond acceptors (Lipinski definition) is 1. The van der Waals surface area contributed by atoms with Crippen LogP contribution < -0.4 is 4.74 Å². The van der Waals surface area contributed by atoms with Crippen LogP contribution in [0, 0.1) is 0 Å². The fourth-order valence-electron chi connectivity index (χ4n) is 1.28. The maximum Gasteiger partial charge on any atom is 0.122 e. The molecule has 0 radical (unpaired) electrons. The van der Waals surface area contributed by atoms with E-state index in [2.05, 4.69) is 13.8 Å². The molecule has 3 heteroatoms. The van der Waals surface area contributed by atoms with Gasteiger partial charge in [-0.1, -0.05) is 25.4 Å². The van der Waals surface area contributed by atoms with Crippen molar-refractivity contribution in [2.45, 2.75) is 19.3 Å². The van der Waals surface area contributed by atoms with E-state index in [0.717, 1.165) is 11.3 Å². The van der Waals surface area contributed by atoms with Crippen molar-refractivity contribution in [1.29, 1.82) is 0 Å². The summed E-state index contributed by atoms with van der Waals surface area (Å²) in [5, 5.41) is 0.707. The van der Waals surface area contributed by atoms with E-state index in [9.17, 15) is 0 Å². The number of hydrogen-bond donors (Lipinski definition) is 0. The molecule has 1 aromatic carbocycles. The number of benzene rings is 1. The van der Waals surface area contributed by atoms with Crippen LogP contribution in [0.3, 0.4) is 0 Å². The fraction of sp³-hybridized carbons (Fsp3) is 0.455. The van der Waals surface area contributed by atoms with Crippen LogP contribution in [0.2, 0.25) is 5.02 Å². The van der Waals surface area contributed by atoms with Gasteiger partial charge in [-0.15, -0.1) is 11.6 Å². The first-order valence-corrected chi connectivity index (χ1v) is 5.32. The fourth-order valence-corrected chi connectivity index (χ4v) is 1.60. The zero-order valence-corrected chi connectivity index (χ0v) is 10.1. The molecule has 1 nitrogen and oxygen atoms in total. The van der Waals surface area contributed by atoms with Gasteiger partial charge in [0.05, 0.1) is 7.11 Å². The summed E-state index contributed by atoms with van der Waals surface area (Å²) >= 11 is 11.8. The minimum absolute atomic E-state index is 0.127. The second kappa shape index (κ2) is 4.41. The lowest BCUT2D eigenvalue weighted by molar-refractivity contribution is 0.398. The van der Waals surface area contributed by atoms with Gasteiger partial charge in [-0.3, -0.25) is 0 Å². The molecule has 1 rings (SSSR count). The smallest absolute Gasteiger partial charge is 0.122 e. The highest BCUT2D eigenvalue weighted by molar-refractivity contribution is 6.30. The van der Waals surface area contributed by atoms with Gasteiger partial charge in [-0.25, -0.2) is 0 Å². The van der Waals surface area contributed by atoms with Crippen molar-refractivity contribution >= 4 is 23.2 Å². The minimum atomic E-state index is -0.127. The normalized spacial score (nSPS) is 11.5. The molecule has 0 saturated carbocycles. The Labute approximate surface area is 95.0 Å². The highest BCUT2D eigenvalue weighted by atomic mass is 35.5. The van der Waals surface area contributed by atoms with Gasteiger partial charge in [0.1, 0.15) is 5.75 Å². The molecule has 0 aromatic heterocycles. The van der Waals surface area contributed by atoms with Crippen molar-refractivity contribution < 1.29 is 4.74 Å². The van der Waals surface area contributed by atoms with Crippen molar-refractivity contribution in [1.82, 2.24) is 0 Å². The number of rotatable bonds is 3. The summed E-state index contributed by atoms with van der Waals surface area (Å²) in [6.45, 7) is 4.13. The first-order chi connectivity index (χ1) is 6.51. The summed E-state index contributed by atoms with van der Waals surface area (Å²) in [5.41, 5.74) is 0.917. The molecular formula is C11H14Cl2O. The lowest BCUT2D eigenvalue weighted by Gasteiger charge is -2.24. The molecule has 0 atom stereocenters. The van der Waals surface area contributed by atoms with Gasteiger partial charge < -0.3 is 4.74 Å². The quantitative estimate of drug-likeness (QED) is 0.720. The first-order valence-electron chi connectivity index (χ1n) is 4.41. The molecule has 14 heavy (non-hydrogen) atoms. The summed E-state index contributed by atoms with van der Waals surface area (Å²) in [5.74, 6) is 1.36. The monoisotopic (exact) mass is 232 g/mol. The predicted molar refractivity (Wildman–Crippen MR) is 61.8 cm³/mol. The first kappa shape index (κ1) is 11.7. The molecule has 0 N–H and O–H groups in total. The van der Waals surface area contributed by atoms with E-state index in [4.69, 9.17) is 27.9 Å². The predicted octanol–water partition coefficient (Wildman–Crippen LogP) is 3.87. The number of methoxy groups -OCH3 is 1. The van der Waals surface area contributed by atoms with E-state index in [1.54, 1.807) is 7.11 Å². The molecule has 0 heterocycles. The van der Waals surface area contributed by atoms with Gasteiger partial charge in [0.25, 0.3) is 0 Å². The summed E-state index contributed by atoms with van der Waals surface area (Å²) in [4.78, 5) is 0. The Kier molecular flexibility index (Phi) is 3.68. The van der Waals surface area contributed by atoms with Gasteiger partial charge in [-0.2, -0.15) is 0 Å². The molecule has 0 amide bonds. The van der Waals surface area contributed by atoms with Gasteiger partial charge in [-0.05, 0) is 18.2 Å². The molecule has 0 fully saturated rings. The molecular weight excluding hydrogens is 219 g/mol. The Morgan fingerprint density at radius 2 is 2.00 bits per heavy atom. The van der Waals surface area contributed by atoms with Crippen molar-refractivity contribution in [3.05, 3.63) is 28.8 Å². The third-order valence-electron chi connectivity index (χ3n) is 2.22. The summed E-state index contributed by atoms with van der Waals surface area (Å²) in [6, 6.07) is 5.59. The van der Waals surface area contributed by atoms with Gasteiger partial charge in [0.15, 0.2) is 0 Å². The summed E-state index contributed by atoms with van der Waals surface area (Å²) in [7, 11) is 1.65. The van der Waals surface area contributed by atoms with E-state index in [1.807, 2.05) is 18.2 Å². The van der Waals surface area contributed by atoms with Crippen molar-refractivity contribution in [2.75, 3.05) is 13.0 Å². The van der Waals surface area contributed by atoms with Crippen LogP contribution in [0.5, 0.6) is 5.75 Å². The van der Waals surface area contributed by atoms with Gasteiger partial charge >= 0.3 is 0 Å². The molecule has 1 aromatic rings. The third-order valence-corrected chi connectivity index (χ3v) is 3.13. The molecule has 0 spiro atoms. The van der Waals surface area contributed by atoms with Crippen molar-refractivity contribution in [3.8, 4) is 5.75 Å². The van der Waals surface area contributed by atoms with Gasteiger partial charge in [0, 0.05) is 21.9 Å². The zero-order chi connectivity index (χ0) is 10.8. The minimum Gasteiger partial charge on any atom is -0.496 e. The van der Waals surface area contributed by atoms with Crippen molar-refractivity contribution in [3.63, 3.8) is 0 Å². The summed E-state index contributed by atoms with van der Waals surface area (Å²) < 4.78 is 5.27. The maximum atomic E-state index is 5.94. The molecule has 0 saturated heterocycles. The number of ether oxygens (including phenoxy) is 1. The van der Waals surface area contributed by atoms with E-state index < -0.39 is 0 Å². The lowest BCUT2D eigenvalue weighted by atomic mass is 9.86. The average molecular weight is 233 g/mol. The van der Waals surface area contributed by atoms with Crippen LogP contribution in [0.1, 0.15) is 19.4 Å². The van der Waals surface area contributed by atoms with Crippen LogP contribution in [-0.2, 0) is 5.41 Å². The van der Waals surface area contributed by atoms with Crippen LogP contribution in [0.4, 0.5) is 0 Å². The molecule has 0 bridgehead atoms. The summed E-state index contributed by atoms with van der Waals surface area (Å²) in [6.07, 6.45) is 0. The van der Waals surface area contributed by atoms with E-state index in [1.165, 1.54) is 0 Å². The van der Waals surface area contributed by atoms with Crippen LogP contribution in [0.15, 0.2) is 18.2 Å². The van der Waals surface area contributed by atoms with E-state index >= 15 is 0 Å². The second-order valence-corrected chi connectivity index (χ2v) is 4.57. The van der Waals surface area contributed by atoms with Gasteiger partial charge in [0.2, 0.25) is 0 Å². The Morgan fingerprint density at radius 1 is 1.36 bits per heavy atom. The topological polar surface area (TPSA) is 9.23 Å². The highest BCUT2D eigenvalue weighted by Crippen LogP contribution is 2.34. The molecule has 0 aliphatic heterocycles. The Balaban J connectivity index is 3.23. The standard InChI is InChI=1S/C11H14Cl2O/c1-11(2,7-12)9-6-8(13)4-5-10(9)14-3/h4-6H,7H2,1-3H3. The Morgan fingerprint density at radius 3 is 2.50 bits per heavy atom. The second-order valence-electron chi connectivity index (χ2n) is 3.86. The number of alkyl halides is 1. The lowest BCUT2D eigenvalue weighted by Crippen LogP contribution is -2.20. The molecule has 0 aliphatic carbocycles. The van der Waals surface area contributed by atoms with Crippen LogP contribution in [0.25, 0.3) is 0 Å².